The highest BCUT2D eigenvalue weighted by atomic mass is 19.0. The van der Waals surface area contributed by atoms with Crippen LogP contribution < -0.4 is 0 Å². The first-order chi connectivity index (χ1) is 2.50. The van der Waals surface area contributed by atoms with E-state index in [1.807, 2.05) is 12.1 Å². The Morgan fingerprint density at radius 3 is 1.67 bits per heavy atom. The molecule has 0 aliphatic heterocycles. The average molecular weight is 88.1 g/mol. The highest BCUT2D eigenvalue weighted by Crippen LogP contribution is 1.79. The largest absolute Gasteiger partial charge is 0.473 e. The Morgan fingerprint density at radius 1 is 1.00 bits per heavy atom. The van der Waals surface area contributed by atoms with E-state index >= 15 is 0 Å². The van der Waals surface area contributed by atoms with Gasteiger partial charge < -0.3 is 4.42 Å². The third-order valence-corrected chi connectivity index (χ3v) is 0.425. The van der Waals surface area contributed by atoms with Crippen LogP contribution in [0, 0.1) is 0 Å². The zero-order chi connectivity index (χ0) is 3.54. The Hall–Kier alpha value is -0.790. The Kier molecular flexibility index (Phi) is 2.13. The Morgan fingerprint density at radius 2 is 1.50 bits per heavy atom. The molecule has 0 aliphatic rings. The van der Waals surface area contributed by atoms with Crippen molar-refractivity contribution in [3.63, 3.8) is 0 Å². The molecule has 0 aromatic carbocycles. The van der Waals surface area contributed by atoms with Crippen molar-refractivity contribution in [1.29, 1.82) is 0 Å². The molecule has 0 aliphatic carbocycles. The Bertz CT molecular complexity index is 64.0. The molecule has 0 amide bonds. The van der Waals surface area contributed by atoms with Gasteiger partial charge in [-0.2, -0.15) is 0 Å². The van der Waals surface area contributed by atoms with Crippen molar-refractivity contribution in [3.05, 3.63) is 24.7 Å². The molecule has 0 saturated heterocycles. The lowest BCUT2D eigenvalue weighted by Crippen LogP contribution is -1.16. The fraction of sp³-hybridized carbons (Fsp3) is 0. The topological polar surface area (TPSA) is 13.1 Å². The first-order valence-corrected chi connectivity index (χ1v) is 1.47. The average Bonchev–Trinajstić information content (AvgIpc) is 1.76. The molecule has 2 heteroatoms. The van der Waals surface area contributed by atoms with Crippen LogP contribution in [0.1, 0.15) is 0 Å². The lowest BCUT2D eigenvalue weighted by molar-refractivity contribution is 0.567. The molecule has 0 saturated carbocycles. The molecule has 1 aromatic heterocycles. The van der Waals surface area contributed by atoms with Gasteiger partial charge in [0.1, 0.15) is 0 Å². The standard InChI is InChI=1S/C4H4O.FH/c1-2-4-5-3-1;/h1-4H;1H. The minimum absolute atomic E-state index is 0. The first kappa shape index (κ1) is 5.21. The predicted octanol–water partition coefficient (Wildman–Crippen LogP) is 1.43. The smallest absolute Gasteiger partial charge is 0.0902 e. The van der Waals surface area contributed by atoms with Gasteiger partial charge in [-0.15, -0.1) is 0 Å². The molecule has 0 fully saturated rings. The Labute approximate surface area is 35.0 Å². The van der Waals surface area contributed by atoms with Crippen LogP contribution in [0.3, 0.4) is 0 Å². The zero-order valence-electron chi connectivity index (χ0n) is 3.13. The second-order valence-corrected chi connectivity index (χ2v) is 0.793. The second kappa shape index (κ2) is 2.45. The molecule has 0 spiro atoms. The molecule has 1 heterocycles. The van der Waals surface area contributed by atoms with E-state index < -0.39 is 0 Å². The van der Waals surface area contributed by atoms with Crippen LogP contribution in [-0.4, -0.2) is 0 Å². The summed E-state index contributed by atoms with van der Waals surface area (Å²) in [5.74, 6) is 0. The molecule has 6 heavy (non-hydrogen) atoms. The van der Waals surface area contributed by atoms with E-state index in [2.05, 4.69) is 4.42 Å². The molecule has 1 rings (SSSR count). The van der Waals surface area contributed by atoms with Gasteiger partial charge in [0.15, 0.2) is 0 Å². The minimum atomic E-state index is 0. The van der Waals surface area contributed by atoms with Gasteiger partial charge in [0.2, 0.25) is 0 Å². The van der Waals surface area contributed by atoms with E-state index in [0.29, 0.717) is 0 Å². The lowest BCUT2D eigenvalue weighted by Gasteiger charge is -1.50. The van der Waals surface area contributed by atoms with E-state index in [-0.39, 0.29) is 4.70 Å². The fourth-order valence-electron chi connectivity index (χ4n) is 0.227. The van der Waals surface area contributed by atoms with Crippen molar-refractivity contribution in [2.24, 2.45) is 0 Å². The number of rotatable bonds is 0. The van der Waals surface area contributed by atoms with Crippen LogP contribution in [0.2, 0.25) is 0 Å². The molecular weight excluding hydrogens is 83.0 g/mol. The van der Waals surface area contributed by atoms with Crippen molar-refractivity contribution >= 4 is 0 Å². The van der Waals surface area contributed by atoms with E-state index in [0.717, 1.165) is 0 Å². The van der Waals surface area contributed by atoms with Gasteiger partial charge in [-0.3, -0.25) is 4.70 Å². The summed E-state index contributed by atoms with van der Waals surface area (Å²) in [5, 5.41) is 0. The van der Waals surface area contributed by atoms with Crippen LogP contribution in [-0.2, 0) is 0 Å². The summed E-state index contributed by atoms with van der Waals surface area (Å²) in [6.07, 6.45) is 3.25. The van der Waals surface area contributed by atoms with Crippen molar-refractivity contribution in [1.82, 2.24) is 0 Å². The summed E-state index contributed by atoms with van der Waals surface area (Å²) in [7, 11) is 0. The molecule has 0 radical (unpaired) electrons. The highest BCUT2D eigenvalue weighted by Gasteiger charge is 1.58. The van der Waals surface area contributed by atoms with E-state index in [4.69, 9.17) is 0 Å². The third-order valence-electron chi connectivity index (χ3n) is 0.425. The summed E-state index contributed by atoms with van der Waals surface area (Å²) in [6.45, 7) is 0. The maximum atomic E-state index is 4.58. The van der Waals surface area contributed by atoms with Gasteiger partial charge in [-0.25, -0.2) is 0 Å². The molecular formula is C4H5FO. The number of furan rings is 1. The predicted molar refractivity (Wildman–Crippen MR) is 21.2 cm³/mol. The van der Waals surface area contributed by atoms with Gasteiger partial charge in [-0.05, 0) is 12.1 Å². The summed E-state index contributed by atoms with van der Waals surface area (Å²) in [6, 6.07) is 3.67. The quantitative estimate of drug-likeness (QED) is 0.467. The summed E-state index contributed by atoms with van der Waals surface area (Å²) in [5.41, 5.74) is 0. The monoisotopic (exact) mass is 88.0 g/mol. The molecule has 1 nitrogen and oxygen atoms in total. The summed E-state index contributed by atoms with van der Waals surface area (Å²) in [4.78, 5) is 0. The van der Waals surface area contributed by atoms with Gasteiger partial charge >= 0.3 is 0 Å². The minimum Gasteiger partial charge on any atom is -0.473 e. The maximum absolute atomic E-state index is 4.58. The fourth-order valence-corrected chi connectivity index (χ4v) is 0.227. The van der Waals surface area contributed by atoms with Crippen molar-refractivity contribution in [2.45, 2.75) is 0 Å². The molecule has 0 atom stereocenters. The van der Waals surface area contributed by atoms with E-state index in [1.165, 1.54) is 0 Å². The van der Waals surface area contributed by atoms with Crippen LogP contribution in [0.4, 0.5) is 4.70 Å². The van der Waals surface area contributed by atoms with Crippen molar-refractivity contribution < 1.29 is 9.12 Å². The number of hydrogen-bond acceptors (Lipinski definition) is 1. The number of halogens is 1. The zero-order valence-corrected chi connectivity index (χ0v) is 3.13. The van der Waals surface area contributed by atoms with Crippen LogP contribution in [0.15, 0.2) is 29.1 Å². The second-order valence-electron chi connectivity index (χ2n) is 0.793. The normalized spacial score (nSPS) is 6.67. The maximum Gasteiger partial charge on any atom is 0.0902 e. The van der Waals surface area contributed by atoms with Crippen LogP contribution >= 0.6 is 0 Å². The third kappa shape index (κ3) is 0.885. The number of hydrogen-bond donors (Lipinski definition) is 0. The van der Waals surface area contributed by atoms with Crippen LogP contribution in [0.25, 0.3) is 0 Å². The molecule has 0 N–H and O–H groups in total. The molecule has 0 bridgehead atoms. The van der Waals surface area contributed by atoms with E-state index in [9.17, 15) is 0 Å². The summed E-state index contributed by atoms with van der Waals surface area (Å²) < 4.78 is 4.58. The highest BCUT2D eigenvalue weighted by molar-refractivity contribution is 4.79. The van der Waals surface area contributed by atoms with E-state index in [1.54, 1.807) is 12.5 Å². The lowest BCUT2D eigenvalue weighted by atomic mass is 10.7. The SMILES string of the molecule is F.c1ccoc1. The Balaban J connectivity index is 0.000000250. The molecule has 0 unspecified atom stereocenters. The first-order valence-electron chi connectivity index (χ1n) is 1.47. The molecule has 34 valence electrons. The van der Waals surface area contributed by atoms with Crippen molar-refractivity contribution in [2.75, 3.05) is 0 Å². The van der Waals surface area contributed by atoms with Crippen molar-refractivity contribution in [3.8, 4) is 0 Å². The van der Waals surface area contributed by atoms with Gasteiger partial charge in [-0.1, -0.05) is 0 Å². The molecule has 1 aromatic rings. The van der Waals surface area contributed by atoms with Gasteiger partial charge in [0.25, 0.3) is 0 Å². The summed E-state index contributed by atoms with van der Waals surface area (Å²) >= 11 is 0. The van der Waals surface area contributed by atoms with Crippen LogP contribution in [0.5, 0.6) is 0 Å². The van der Waals surface area contributed by atoms with Gasteiger partial charge in [0.05, 0.1) is 12.5 Å². The van der Waals surface area contributed by atoms with Gasteiger partial charge in [0, 0.05) is 0 Å².